The Morgan fingerprint density at radius 1 is 0.844 bits per heavy atom. The maximum atomic E-state index is 13.8. The van der Waals surface area contributed by atoms with E-state index in [1.54, 1.807) is 36.1 Å². The number of carbonyl (C=O) groups excluding carboxylic acids is 4. The second kappa shape index (κ2) is 18.1. The summed E-state index contributed by atoms with van der Waals surface area (Å²) in [7, 11) is 3.20. The van der Waals surface area contributed by atoms with E-state index in [4.69, 9.17) is 0 Å². The van der Waals surface area contributed by atoms with Gasteiger partial charge in [-0.25, -0.2) is 5.01 Å². The number of aliphatic hydroxyl groups excluding tert-OH is 1. The molecule has 0 heterocycles. The van der Waals surface area contributed by atoms with Gasteiger partial charge in [0.15, 0.2) is 0 Å². The number of benzene rings is 2. The average Bonchev–Trinajstić information content (AvgIpc) is 2.99. The van der Waals surface area contributed by atoms with Crippen LogP contribution in [-0.4, -0.2) is 101 Å². The molecule has 2 unspecified atom stereocenters. The van der Waals surface area contributed by atoms with Crippen molar-refractivity contribution in [1.29, 1.82) is 0 Å². The summed E-state index contributed by atoms with van der Waals surface area (Å²) < 4.78 is 0. The lowest BCUT2D eigenvalue weighted by Crippen LogP contribution is -2.53. The molecule has 2 atom stereocenters. The van der Waals surface area contributed by atoms with Gasteiger partial charge in [-0.3, -0.25) is 24.6 Å². The quantitative estimate of drug-likeness (QED) is 0.197. The molecule has 45 heavy (non-hydrogen) atoms. The highest BCUT2D eigenvalue weighted by atomic mass is 16.3. The lowest BCUT2D eigenvalue weighted by atomic mass is 9.99. The number of hydrazine groups is 1. The molecule has 0 radical (unpaired) electrons. The lowest BCUT2D eigenvalue weighted by Gasteiger charge is -2.30. The van der Waals surface area contributed by atoms with Gasteiger partial charge in [0, 0.05) is 63.4 Å². The largest absolute Gasteiger partial charge is 0.508 e. The first-order valence-electron chi connectivity index (χ1n) is 15.8. The van der Waals surface area contributed by atoms with Crippen LogP contribution in [-0.2, 0) is 11.2 Å². The summed E-state index contributed by atoms with van der Waals surface area (Å²) >= 11 is 0. The molecule has 0 aliphatic heterocycles. The van der Waals surface area contributed by atoms with Gasteiger partial charge >= 0.3 is 0 Å². The molecule has 4 amide bonds. The third kappa shape index (κ3) is 11.8. The number of carbonyl (C=O) groups is 4. The molecule has 4 N–H and O–H groups in total. The van der Waals surface area contributed by atoms with Gasteiger partial charge in [-0.2, -0.15) is 0 Å². The highest BCUT2D eigenvalue weighted by Crippen LogP contribution is 2.18. The van der Waals surface area contributed by atoms with Crippen LogP contribution in [0.15, 0.2) is 42.5 Å². The molecule has 0 aliphatic carbocycles. The van der Waals surface area contributed by atoms with Gasteiger partial charge < -0.3 is 25.3 Å². The summed E-state index contributed by atoms with van der Waals surface area (Å²) in [5.41, 5.74) is 4.12. The third-order valence-electron chi connectivity index (χ3n) is 7.21. The number of amides is 4. The van der Waals surface area contributed by atoms with Gasteiger partial charge in [-0.05, 0) is 61.1 Å². The van der Waals surface area contributed by atoms with E-state index in [0.29, 0.717) is 26.1 Å². The number of aliphatic hydroxyl groups is 1. The fourth-order valence-corrected chi connectivity index (χ4v) is 4.92. The number of phenols is 1. The van der Waals surface area contributed by atoms with E-state index < -0.39 is 18.1 Å². The number of nitrogens with one attached hydrogen (secondary N) is 2. The van der Waals surface area contributed by atoms with Crippen LogP contribution in [0.4, 0.5) is 0 Å². The second-order valence-corrected chi connectivity index (χ2v) is 12.0. The van der Waals surface area contributed by atoms with Crippen LogP contribution in [0.25, 0.3) is 0 Å². The third-order valence-corrected chi connectivity index (χ3v) is 7.21. The van der Waals surface area contributed by atoms with Crippen molar-refractivity contribution < 1.29 is 29.4 Å². The Hall–Kier alpha value is -3.96. The van der Waals surface area contributed by atoms with Crippen LogP contribution < -0.4 is 10.7 Å². The van der Waals surface area contributed by atoms with E-state index in [0.717, 1.165) is 18.4 Å². The Kier molecular flexibility index (Phi) is 15.0. The smallest absolute Gasteiger partial charge is 0.253 e. The highest BCUT2D eigenvalue weighted by molar-refractivity contribution is 6.04. The minimum Gasteiger partial charge on any atom is -0.508 e. The first-order chi connectivity index (χ1) is 21.3. The molecule has 248 valence electrons. The zero-order chi connectivity index (χ0) is 33.7. The fraction of sp³-hybridized carbons (Fsp3) is 0.529. The van der Waals surface area contributed by atoms with Gasteiger partial charge in [0.25, 0.3) is 17.7 Å². The topological polar surface area (TPSA) is 143 Å². The zero-order valence-electron chi connectivity index (χ0n) is 27.8. The Bertz CT molecular complexity index is 1270. The normalized spacial score (nSPS) is 12.5. The maximum absolute atomic E-state index is 13.8. The van der Waals surface area contributed by atoms with Gasteiger partial charge in [0.1, 0.15) is 5.75 Å². The Balaban J connectivity index is 2.45. The molecule has 0 aromatic heterocycles. The van der Waals surface area contributed by atoms with Crippen molar-refractivity contribution in [1.82, 2.24) is 25.6 Å². The van der Waals surface area contributed by atoms with E-state index in [1.165, 1.54) is 35.2 Å². The van der Waals surface area contributed by atoms with E-state index in [2.05, 4.69) is 10.7 Å². The molecule has 0 saturated heterocycles. The average molecular weight is 626 g/mol. The second-order valence-electron chi connectivity index (χ2n) is 12.0. The van der Waals surface area contributed by atoms with Crippen molar-refractivity contribution in [3.05, 3.63) is 64.7 Å². The molecular formula is C34H51N5O6. The molecule has 0 fully saturated rings. The van der Waals surface area contributed by atoms with Crippen molar-refractivity contribution >= 4 is 23.6 Å². The number of hydrogen-bond donors (Lipinski definition) is 4. The van der Waals surface area contributed by atoms with E-state index in [1.807, 2.05) is 34.6 Å². The number of aromatic hydroxyl groups is 1. The lowest BCUT2D eigenvalue weighted by molar-refractivity contribution is -0.127. The van der Waals surface area contributed by atoms with Crippen LogP contribution in [0.1, 0.15) is 90.5 Å². The predicted molar refractivity (Wildman–Crippen MR) is 175 cm³/mol. The first kappa shape index (κ1) is 37.2. The number of phenolic OH excluding ortho intramolecular Hbond substituents is 1. The number of nitrogens with zero attached hydrogens (tertiary/aromatic N) is 3. The van der Waals surface area contributed by atoms with Crippen LogP contribution in [0.3, 0.4) is 0 Å². The molecule has 0 saturated carbocycles. The van der Waals surface area contributed by atoms with Crippen molar-refractivity contribution in [2.75, 3.05) is 40.3 Å². The SMILES string of the molecule is CCCN(CCC)C(=O)c1cc(C(=O)NC(Cc2ccc(O)cc2)C(O)CN(CC)NC(=O)CC(C)C)cc(C(=O)N(C)C)c1. The van der Waals surface area contributed by atoms with Crippen LogP contribution in [0.2, 0.25) is 0 Å². The number of rotatable bonds is 17. The molecule has 11 nitrogen and oxygen atoms in total. The van der Waals surface area contributed by atoms with Gasteiger partial charge in [0.05, 0.1) is 12.1 Å². The van der Waals surface area contributed by atoms with Crippen molar-refractivity contribution in [2.45, 2.75) is 72.4 Å². The summed E-state index contributed by atoms with van der Waals surface area (Å²) in [6.07, 6.45) is 0.960. The summed E-state index contributed by atoms with van der Waals surface area (Å²) in [5, 5.41) is 25.7. The van der Waals surface area contributed by atoms with Gasteiger partial charge in [0.2, 0.25) is 5.91 Å². The summed E-state index contributed by atoms with van der Waals surface area (Å²) in [5.74, 6) is -1.10. The molecule has 0 spiro atoms. The van der Waals surface area contributed by atoms with Crippen molar-refractivity contribution in [3.63, 3.8) is 0 Å². The minimum absolute atomic E-state index is 0.0370. The standard InChI is InChI=1S/C34H51N5O6/c1-8-15-38(16-9-2)34(45)27-20-25(19-26(21-27)33(44)37(6)7)32(43)35-29(18-24-11-13-28(40)14-12-24)30(41)22-39(10-3)36-31(42)17-23(4)5/h11-14,19-21,23,29-30,40-41H,8-10,15-18,22H2,1-7H3,(H,35,43)(H,36,42). The Labute approximate surface area is 267 Å². The number of likely N-dealkylation sites (N-methyl/N-ethyl adjacent to an activating group) is 1. The van der Waals surface area contributed by atoms with Crippen molar-refractivity contribution in [2.24, 2.45) is 5.92 Å². The van der Waals surface area contributed by atoms with E-state index >= 15 is 0 Å². The number of hydrogen-bond acceptors (Lipinski definition) is 7. The zero-order valence-corrected chi connectivity index (χ0v) is 27.8. The molecule has 0 bridgehead atoms. The summed E-state index contributed by atoms with van der Waals surface area (Å²) in [6.45, 7) is 11.2. The molecule has 11 heteroatoms. The molecule has 2 rings (SSSR count). The predicted octanol–water partition coefficient (Wildman–Crippen LogP) is 3.46. The fourth-order valence-electron chi connectivity index (χ4n) is 4.92. The highest BCUT2D eigenvalue weighted by Gasteiger charge is 2.27. The van der Waals surface area contributed by atoms with Crippen LogP contribution >= 0.6 is 0 Å². The van der Waals surface area contributed by atoms with Gasteiger partial charge in [-0.1, -0.05) is 46.8 Å². The first-order valence-corrected chi connectivity index (χ1v) is 15.8. The Morgan fingerprint density at radius 3 is 1.91 bits per heavy atom. The maximum Gasteiger partial charge on any atom is 0.253 e. The Morgan fingerprint density at radius 2 is 1.40 bits per heavy atom. The van der Waals surface area contributed by atoms with Crippen LogP contribution in [0, 0.1) is 5.92 Å². The monoisotopic (exact) mass is 625 g/mol. The van der Waals surface area contributed by atoms with Gasteiger partial charge in [-0.15, -0.1) is 0 Å². The van der Waals surface area contributed by atoms with Crippen molar-refractivity contribution in [3.8, 4) is 5.75 Å². The molecule has 2 aromatic rings. The minimum atomic E-state index is -1.11. The summed E-state index contributed by atoms with van der Waals surface area (Å²) in [6, 6.07) is 10.1. The van der Waals surface area contributed by atoms with Crippen LogP contribution in [0.5, 0.6) is 5.75 Å². The molecular weight excluding hydrogens is 574 g/mol. The molecule has 0 aliphatic rings. The van der Waals surface area contributed by atoms with E-state index in [9.17, 15) is 29.4 Å². The summed E-state index contributed by atoms with van der Waals surface area (Å²) in [4.78, 5) is 55.8. The molecule has 2 aromatic carbocycles. The van der Waals surface area contributed by atoms with E-state index in [-0.39, 0.29) is 59.0 Å².